The molecule has 0 fully saturated rings. The van der Waals surface area contributed by atoms with E-state index in [0.29, 0.717) is 5.75 Å². The summed E-state index contributed by atoms with van der Waals surface area (Å²) in [4.78, 5) is 11.1. The Kier molecular flexibility index (Phi) is 3.81. The van der Waals surface area contributed by atoms with Crippen LogP contribution in [0.25, 0.3) is 0 Å². The maximum atomic E-state index is 11.1. The number of aliphatic carboxylic acids is 1. The van der Waals surface area contributed by atoms with Crippen LogP contribution in [0.1, 0.15) is 44.7 Å². The van der Waals surface area contributed by atoms with Crippen molar-refractivity contribution in [1.29, 1.82) is 0 Å². The van der Waals surface area contributed by atoms with Crippen LogP contribution in [0.3, 0.4) is 0 Å². The first-order valence-corrected chi connectivity index (χ1v) is 5.68. The van der Waals surface area contributed by atoms with Gasteiger partial charge in [-0.05, 0) is 24.0 Å². The fraction of sp³-hybridized carbons (Fsp3) is 0.500. The summed E-state index contributed by atoms with van der Waals surface area (Å²) in [6.45, 7) is 7.98. The van der Waals surface area contributed by atoms with Crippen molar-refractivity contribution >= 4 is 5.97 Å². The van der Waals surface area contributed by atoms with Crippen LogP contribution in [-0.4, -0.2) is 18.2 Å². The fourth-order valence-corrected chi connectivity index (χ4v) is 1.67. The monoisotopic (exact) mass is 236 g/mol. The molecule has 0 aliphatic rings. The van der Waals surface area contributed by atoms with E-state index in [1.807, 2.05) is 18.2 Å². The first-order valence-electron chi connectivity index (χ1n) is 5.68. The van der Waals surface area contributed by atoms with Gasteiger partial charge in [-0.15, -0.1) is 0 Å². The highest BCUT2D eigenvalue weighted by molar-refractivity contribution is 5.76. The Morgan fingerprint density at radius 1 is 1.35 bits per heavy atom. The summed E-state index contributed by atoms with van der Waals surface area (Å²) >= 11 is 0. The molecule has 0 aromatic heterocycles. The topological polar surface area (TPSA) is 46.5 Å². The summed E-state index contributed by atoms with van der Waals surface area (Å²) in [6.07, 6.45) is 0. The normalized spacial score (nSPS) is 13.2. The van der Waals surface area contributed by atoms with Crippen molar-refractivity contribution in [1.82, 2.24) is 0 Å². The van der Waals surface area contributed by atoms with Gasteiger partial charge in [-0.25, -0.2) is 0 Å². The zero-order valence-electron chi connectivity index (χ0n) is 11.1. The Balaban J connectivity index is 3.29. The molecule has 0 saturated carbocycles. The molecular weight excluding hydrogens is 216 g/mol. The predicted molar refractivity (Wildman–Crippen MR) is 67.7 cm³/mol. The van der Waals surface area contributed by atoms with Crippen LogP contribution in [0, 0.1) is 0 Å². The van der Waals surface area contributed by atoms with Crippen molar-refractivity contribution in [3.63, 3.8) is 0 Å². The third kappa shape index (κ3) is 2.99. The average Bonchev–Trinajstić information content (AvgIpc) is 2.25. The SMILES string of the molecule is COc1ccc(C(C)(C)C)cc1C(C)C(=O)O. The number of carbonyl (C=O) groups is 1. The van der Waals surface area contributed by atoms with Crippen LogP contribution in [-0.2, 0) is 10.2 Å². The van der Waals surface area contributed by atoms with E-state index in [0.717, 1.165) is 11.1 Å². The lowest BCUT2D eigenvalue weighted by Gasteiger charge is -2.22. The lowest BCUT2D eigenvalue weighted by atomic mass is 9.84. The first-order chi connectivity index (χ1) is 7.77. The minimum atomic E-state index is -0.839. The quantitative estimate of drug-likeness (QED) is 0.876. The van der Waals surface area contributed by atoms with Gasteiger partial charge in [0.25, 0.3) is 0 Å². The number of carboxylic acids is 1. The van der Waals surface area contributed by atoms with E-state index < -0.39 is 11.9 Å². The predicted octanol–water partition coefficient (Wildman–Crippen LogP) is 3.18. The maximum absolute atomic E-state index is 11.1. The zero-order valence-corrected chi connectivity index (χ0v) is 11.1. The van der Waals surface area contributed by atoms with Crippen molar-refractivity contribution in [3.8, 4) is 5.75 Å². The second-order valence-electron chi connectivity index (χ2n) is 5.27. The van der Waals surface area contributed by atoms with Gasteiger partial charge in [-0.3, -0.25) is 4.79 Å². The third-order valence-corrected chi connectivity index (χ3v) is 2.93. The smallest absolute Gasteiger partial charge is 0.310 e. The highest BCUT2D eigenvalue weighted by Gasteiger charge is 2.21. The van der Waals surface area contributed by atoms with Crippen molar-refractivity contribution in [2.75, 3.05) is 7.11 Å². The zero-order chi connectivity index (χ0) is 13.2. The number of ether oxygens (including phenoxy) is 1. The van der Waals surface area contributed by atoms with Gasteiger partial charge in [0.2, 0.25) is 0 Å². The van der Waals surface area contributed by atoms with Crippen LogP contribution in [0.5, 0.6) is 5.75 Å². The molecule has 3 heteroatoms. The average molecular weight is 236 g/mol. The molecule has 0 aliphatic heterocycles. The number of methoxy groups -OCH3 is 1. The molecule has 0 saturated heterocycles. The number of carboxylic acid groups (broad SMARTS) is 1. The van der Waals surface area contributed by atoms with Crippen molar-refractivity contribution in [3.05, 3.63) is 29.3 Å². The molecule has 1 aromatic rings. The van der Waals surface area contributed by atoms with E-state index in [2.05, 4.69) is 20.8 Å². The van der Waals surface area contributed by atoms with Gasteiger partial charge in [0.15, 0.2) is 0 Å². The Morgan fingerprint density at radius 2 is 1.94 bits per heavy atom. The van der Waals surface area contributed by atoms with E-state index >= 15 is 0 Å². The number of hydrogen-bond acceptors (Lipinski definition) is 2. The molecule has 0 radical (unpaired) electrons. The van der Waals surface area contributed by atoms with E-state index in [4.69, 9.17) is 9.84 Å². The second kappa shape index (κ2) is 4.78. The number of hydrogen-bond donors (Lipinski definition) is 1. The number of benzene rings is 1. The van der Waals surface area contributed by atoms with Crippen LogP contribution in [0.15, 0.2) is 18.2 Å². The van der Waals surface area contributed by atoms with Gasteiger partial charge in [0, 0.05) is 5.56 Å². The van der Waals surface area contributed by atoms with Crippen molar-refractivity contribution in [2.45, 2.75) is 39.0 Å². The lowest BCUT2D eigenvalue weighted by Crippen LogP contribution is -2.14. The Hall–Kier alpha value is -1.51. The number of rotatable bonds is 3. The molecule has 0 spiro atoms. The van der Waals surface area contributed by atoms with Crippen molar-refractivity contribution < 1.29 is 14.6 Å². The highest BCUT2D eigenvalue weighted by atomic mass is 16.5. The van der Waals surface area contributed by atoms with Gasteiger partial charge >= 0.3 is 5.97 Å². The molecule has 3 nitrogen and oxygen atoms in total. The third-order valence-electron chi connectivity index (χ3n) is 2.93. The van der Waals surface area contributed by atoms with Crippen LogP contribution < -0.4 is 4.74 Å². The van der Waals surface area contributed by atoms with Gasteiger partial charge < -0.3 is 9.84 Å². The first kappa shape index (κ1) is 13.6. The molecule has 1 N–H and O–H groups in total. The van der Waals surface area contributed by atoms with Gasteiger partial charge in [0.05, 0.1) is 13.0 Å². The molecule has 1 atom stereocenters. The minimum Gasteiger partial charge on any atom is -0.496 e. The molecule has 1 rings (SSSR count). The largest absolute Gasteiger partial charge is 0.496 e. The Morgan fingerprint density at radius 3 is 2.35 bits per heavy atom. The highest BCUT2D eigenvalue weighted by Crippen LogP contribution is 2.32. The molecule has 0 bridgehead atoms. The summed E-state index contributed by atoms with van der Waals surface area (Å²) in [5.74, 6) is -0.769. The van der Waals surface area contributed by atoms with E-state index in [1.165, 1.54) is 0 Å². The lowest BCUT2D eigenvalue weighted by molar-refractivity contribution is -0.138. The molecule has 0 heterocycles. The molecule has 0 amide bonds. The molecule has 94 valence electrons. The minimum absolute atomic E-state index is 0.000749. The molecular formula is C14H20O3. The van der Waals surface area contributed by atoms with E-state index in [1.54, 1.807) is 14.0 Å². The summed E-state index contributed by atoms with van der Waals surface area (Å²) < 4.78 is 5.22. The maximum Gasteiger partial charge on any atom is 0.310 e. The summed E-state index contributed by atoms with van der Waals surface area (Å²) in [5.41, 5.74) is 1.84. The standard InChI is InChI=1S/C14H20O3/c1-9(13(15)16)11-8-10(14(2,3)4)6-7-12(11)17-5/h6-9H,1-5H3,(H,15,16). The Labute approximate surface area is 102 Å². The molecule has 17 heavy (non-hydrogen) atoms. The van der Waals surface area contributed by atoms with E-state index in [-0.39, 0.29) is 5.41 Å². The van der Waals surface area contributed by atoms with Crippen LogP contribution >= 0.6 is 0 Å². The summed E-state index contributed by atoms with van der Waals surface area (Å²) in [7, 11) is 1.56. The summed E-state index contributed by atoms with van der Waals surface area (Å²) in [6, 6.07) is 5.75. The van der Waals surface area contributed by atoms with Crippen LogP contribution in [0.4, 0.5) is 0 Å². The molecule has 1 aromatic carbocycles. The summed E-state index contributed by atoms with van der Waals surface area (Å²) in [5, 5.41) is 9.09. The Bertz CT molecular complexity index is 416. The fourth-order valence-electron chi connectivity index (χ4n) is 1.67. The van der Waals surface area contributed by atoms with Crippen LogP contribution in [0.2, 0.25) is 0 Å². The van der Waals surface area contributed by atoms with Gasteiger partial charge in [0.1, 0.15) is 5.75 Å². The van der Waals surface area contributed by atoms with E-state index in [9.17, 15) is 4.79 Å². The van der Waals surface area contributed by atoms with Gasteiger partial charge in [-0.1, -0.05) is 32.9 Å². The molecule has 0 aliphatic carbocycles. The van der Waals surface area contributed by atoms with Gasteiger partial charge in [-0.2, -0.15) is 0 Å². The molecule has 1 unspecified atom stereocenters. The van der Waals surface area contributed by atoms with Crippen molar-refractivity contribution in [2.24, 2.45) is 0 Å². The second-order valence-corrected chi connectivity index (χ2v) is 5.27.